The summed E-state index contributed by atoms with van der Waals surface area (Å²) in [7, 11) is 2.83. The molecule has 1 rings (SSSR count). The Morgan fingerprint density at radius 2 is 2.08 bits per heavy atom. The number of hydrogen-bond donors (Lipinski definition) is 0. The predicted octanol–water partition coefficient (Wildman–Crippen LogP) is 2.00. The lowest BCUT2D eigenvalue weighted by atomic mass is 10.4. The summed E-state index contributed by atoms with van der Waals surface area (Å²) in [6, 6.07) is 1.38. The number of ether oxygens (including phenoxy) is 2. The highest BCUT2D eigenvalue weighted by Crippen LogP contribution is 2.26. The van der Waals surface area contributed by atoms with Crippen molar-refractivity contribution in [3.05, 3.63) is 16.5 Å². The molecule has 0 radical (unpaired) electrons. The van der Waals surface area contributed by atoms with E-state index >= 15 is 0 Å². The van der Waals surface area contributed by atoms with E-state index in [0.29, 0.717) is 5.88 Å². The number of rotatable bonds is 2. The maximum Gasteiger partial charge on any atom is 0.217 e. The largest absolute Gasteiger partial charge is 0.493 e. The van der Waals surface area contributed by atoms with Gasteiger partial charge in [0.2, 0.25) is 5.88 Å². The molecular formula is C7H7BrFNO2. The van der Waals surface area contributed by atoms with E-state index in [9.17, 15) is 4.39 Å². The molecule has 3 nitrogen and oxygen atoms in total. The van der Waals surface area contributed by atoms with Crippen molar-refractivity contribution < 1.29 is 13.9 Å². The molecule has 0 saturated heterocycles. The van der Waals surface area contributed by atoms with Crippen LogP contribution in [0, 0.1) is 5.82 Å². The molecule has 0 spiro atoms. The van der Waals surface area contributed by atoms with E-state index in [0.717, 1.165) is 0 Å². The van der Waals surface area contributed by atoms with Crippen LogP contribution in [-0.2, 0) is 0 Å². The minimum absolute atomic E-state index is 0.0821. The Labute approximate surface area is 77.6 Å². The Morgan fingerprint density at radius 3 is 2.58 bits per heavy atom. The fourth-order valence-electron chi connectivity index (χ4n) is 0.708. The van der Waals surface area contributed by atoms with Crippen molar-refractivity contribution in [2.24, 2.45) is 0 Å². The van der Waals surface area contributed by atoms with Gasteiger partial charge in [-0.1, -0.05) is 0 Å². The molecule has 12 heavy (non-hydrogen) atoms. The maximum atomic E-state index is 13.0. The van der Waals surface area contributed by atoms with Gasteiger partial charge in [0.05, 0.1) is 14.2 Å². The molecule has 0 atom stereocenters. The topological polar surface area (TPSA) is 31.4 Å². The molecule has 0 saturated carbocycles. The average molecular weight is 236 g/mol. The smallest absolute Gasteiger partial charge is 0.217 e. The van der Waals surface area contributed by atoms with E-state index in [2.05, 4.69) is 20.9 Å². The van der Waals surface area contributed by atoms with Crippen molar-refractivity contribution in [1.82, 2.24) is 4.98 Å². The van der Waals surface area contributed by atoms with Crippen LogP contribution >= 0.6 is 15.9 Å². The highest BCUT2D eigenvalue weighted by atomic mass is 79.9. The van der Waals surface area contributed by atoms with E-state index in [1.807, 2.05) is 0 Å². The summed E-state index contributed by atoms with van der Waals surface area (Å²) < 4.78 is 22.7. The lowest BCUT2D eigenvalue weighted by Gasteiger charge is -2.05. The highest BCUT2D eigenvalue weighted by molar-refractivity contribution is 9.10. The molecule has 0 bridgehead atoms. The Balaban J connectivity index is 3.19. The lowest BCUT2D eigenvalue weighted by molar-refractivity contribution is 0.362. The molecule has 1 aromatic heterocycles. The monoisotopic (exact) mass is 235 g/mol. The van der Waals surface area contributed by atoms with Crippen molar-refractivity contribution in [2.45, 2.75) is 0 Å². The van der Waals surface area contributed by atoms with Crippen LogP contribution in [0.25, 0.3) is 0 Å². The zero-order valence-electron chi connectivity index (χ0n) is 6.60. The molecule has 0 aliphatic carbocycles. The zero-order valence-corrected chi connectivity index (χ0v) is 8.18. The molecule has 5 heteroatoms. The van der Waals surface area contributed by atoms with Gasteiger partial charge in [-0.25, -0.2) is 4.98 Å². The van der Waals surface area contributed by atoms with Crippen molar-refractivity contribution >= 4 is 15.9 Å². The van der Waals surface area contributed by atoms with Crippen LogP contribution in [0.5, 0.6) is 11.6 Å². The van der Waals surface area contributed by atoms with Gasteiger partial charge in [0.15, 0.2) is 11.6 Å². The summed E-state index contributed by atoms with van der Waals surface area (Å²) in [5.41, 5.74) is 0. The number of pyridine rings is 1. The third-order valence-corrected chi connectivity index (χ3v) is 1.81. The first-order valence-corrected chi connectivity index (χ1v) is 3.92. The quantitative estimate of drug-likeness (QED) is 0.736. The molecular weight excluding hydrogens is 229 g/mol. The summed E-state index contributed by atoms with van der Waals surface area (Å²) in [6.45, 7) is 0. The standard InChI is InChI=1S/C7H7BrFNO2/c1-11-4-3-5(12-2)10-7(8)6(4)9/h3H,1-2H3. The van der Waals surface area contributed by atoms with Gasteiger partial charge >= 0.3 is 0 Å². The van der Waals surface area contributed by atoms with Gasteiger partial charge in [0, 0.05) is 6.07 Å². The SMILES string of the molecule is COc1cc(OC)c(F)c(Br)n1. The number of aromatic nitrogens is 1. The first-order valence-electron chi connectivity index (χ1n) is 3.13. The van der Waals surface area contributed by atoms with Gasteiger partial charge in [0.25, 0.3) is 0 Å². The molecule has 0 aromatic carbocycles. The number of halogens is 2. The van der Waals surface area contributed by atoms with E-state index < -0.39 is 5.82 Å². The summed E-state index contributed by atoms with van der Waals surface area (Å²) in [5, 5.41) is 0. The summed E-state index contributed by atoms with van der Waals surface area (Å²) in [6.07, 6.45) is 0. The number of hydrogen-bond acceptors (Lipinski definition) is 3. The van der Waals surface area contributed by atoms with Gasteiger partial charge in [-0.05, 0) is 15.9 Å². The molecule has 1 aromatic rings. The average Bonchev–Trinajstić information content (AvgIpc) is 2.09. The Hall–Kier alpha value is -0.840. The molecule has 0 N–H and O–H groups in total. The van der Waals surface area contributed by atoms with E-state index in [1.165, 1.54) is 20.3 Å². The van der Waals surface area contributed by atoms with E-state index in [1.54, 1.807) is 0 Å². The van der Waals surface area contributed by atoms with Crippen LogP contribution in [-0.4, -0.2) is 19.2 Å². The van der Waals surface area contributed by atoms with Gasteiger partial charge in [-0.2, -0.15) is 4.39 Å². The van der Waals surface area contributed by atoms with Crippen LogP contribution in [0.15, 0.2) is 10.7 Å². The second kappa shape index (κ2) is 3.71. The first-order chi connectivity index (χ1) is 5.69. The number of nitrogens with zero attached hydrogens (tertiary/aromatic N) is 1. The fraction of sp³-hybridized carbons (Fsp3) is 0.286. The molecule has 1 heterocycles. The fourth-order valence-corrected chi connectivity index (χ4v) is 1.08. The Bertz CT molecular complexity index is 293. The third kappa shape index (κ3) is 1.66. The minimum Gasteiger partial charge on any atom is -0.493 e. The molecule has 66 valence electrons. The molecule has 0 aliphatic heterocycles. The third-order valence-electron chi connectivity index (χ3n) is 1.29. The van der Waals surface area contributed by atoms with Crippen LogP contribution in [0.3, 0.4) is 0 Å². The first kappa shape index (κ1) is 9.25. The van der Waals surface area contributed by atoms with E-state index in [4.69, 9.17) is 9.47 Å². The zero-order chi connectivity index (χ0) is 9.14. The molecule has 0 aliphatic rings. The van der Waals surface area contributed by atoms with Crippen LogP contribution in [0.1, 0.15) is 0 Å². The number of methoxy groups -OCH3 is 2. The van der Waals surface area contributed by atoms with Gasteiger partial charge < -0.3 is 9.47 Å². The highest BCUT2D eigenvalue weighted by Gasteiger charge is 2.10. The molecule has 0 amide bonds. The van der Waals surface area contributed by atoms with Crippen molar-refractivity contribution in [3.8, 4) is 11.6 Å². The van der Waals surface area contributed by atoms with Crippen LogP contribution in [0.4, 0.5) is 4.39 Å². The second-order valence-corrected chi connectivity index (χ2v) is 2.72. The van der Waals surface area contributed by atoms with Gasteiger partial charge in [0.1, 0.15) is 4.60 Å². The lowest BCUT2D eigenvalue weighted by Crippen LogP contribution is -1.95. The summed E-state index contributed by atoms with van der Waals surface area (Å²) >= 11 is 2.93. The van der Waals surface area contributed by atoms with Crippen molar-refractivity contribution in [3.63, 3.8) is 0 Å². The van der Waals surface area contributed by atoms with Crippen molar-refractivity contribution in [2.75, 3.05) is 14.2 Å². The summed E-state index contributed by atoms with van der Waals surface area (Å²) in [5.74, 6) is -0.118. The Kier molecular flexibility index (Phi) is 2.86. The molecule has 0 unspecified atom stereocenters. The summed E-state index contributed by atoms with van der Waals surface area (Å²) in [4.78, 5) is 3.74. The van der Waals surface area contributed by atoms with Crippen molar-refractivity contribution in [1.29, 1.82) is 0 Å². The van der Waals surface area contributed by atoms with Crippen LogP contribution < -0.4 is 9.47 Å². The maximum absolute atomic E-state index is 13.0. The molecule has 0 fully saturated rings. The van der Waals surface area contributed by atoms with Gasteiger partial charge in [-0.3, -0.25) is 0 Å². The van der Waals surface area contributed by atoms with Gasteiger partial charge in [-0.15, -0.1) is 0 Å². The minimum atomic E-state index is -0.529. The van der Waals surface area contributed by atoms with E-state index in [-0.39, 0.29) is 10.4 Å². The second-order valence-electron chi connectivity index (χ2n) is 1.97. The normalized spacial score (nSPS) is 9.67. The predicted molar refractivity (Wildman–Crippen MR) is 45.0 cm³/mol. The Morgan fingerprint density at radius 1 is 1.42 bits per heavy atom. The van der Waals surface area contributed by atoms with Crippen LogP contribution in [0.2, 0.25) is 0 Å².